The number of hydrogen-bond donors (Lipinski definition) is 3. The second-order valence-corrected chi connectivity index (χ2v) is 6.86. The third-order valence-corrected chi connectivity index (χ3v) is 4.76. The Kier molecular flexibility index (Phi) is 6.04. The number of rotatable bonds is 10. The Balaban J connectivity index is 1.26. The Hall–Kier alpha value is -3.36. The first-order chi connectivity index (χ1) is 14.3. The number of nitrogens with zero attached hydrogens (tertiary/aromatic N) is 4. The first-order valence-corrected chi connectivity index (χ1v) is 9.94. The summed E-state index contributed by atoms with van der Waals surface area (Å²) in [7, 11) is 0. The van der Waals surface area contributed by atoms with Gasteiger partial charge in [-0.1, -0.05) is 18.2 Å². The number of H-pyrrole nitrogens is 1. The van der Waals surface area contributed by atoms with Crippen LogP contribution < -0.4 is 15.4 Å². The van der Waals surface area contributed by atoms with Gasteiger partial charge in [-0.3, -0.25) is 4.79 Å². The smallest absolute Gasteiger partial charge is 0.222 e. The lowest BCUT2D eigenvalue weighted by Gasteiger charge is -2.14. The number of imidazole rings is 1. The highest BCUT2D eigenvalue weighted by atomic mass is 16.5. The normalized spacial score (nSPS) is 13.8. The average Bonchev–Trinajstić information content (AvgIpc) is 3.35. The van der Waals surface area contributed by atoms with Crippen LogP contribution in [0.4, 0.5) is 11.8 Å². The molecule has 0 atom stereocenters. The molecule has 1 aromatic carbocycles. The Morgan fingerprint density at radius 1 is 1.14 bits per heavy atom. The van der Waals surface area contributed by atoms with Gasteiger partial charge in [0, 0.05) is 26.1 Å². The van der Waals surface area contributed by atoms with Gasteiger partial charge in [-0.25, -0.2) is 9.97 Å². The van der Waals surface area contributed by atoms with E-state index in [0.717, 1.165) is 43.7 Å². The second-order valence-electron chi connectivity index (χ2n) is 6.86. The minimum absolute atomic E-state index is 0.260. The van der Waals surface area contributed by atoms with Crippen LogP contribution >= 0.6 is 0 Å². The number of carbonyl (C=O) groups is 1. The molecule has 0 unspecified atom stereocenters. The summed E-state index contributed by atoms with van der Waals surface area (Å²) in [5, 5.41) is 6.53. The highest BCUT2D eigenvalue weighted by Gasteiger charge is 2.19. The number of amides is 1. The van der Waals surface area contributed by atoms with Gasteiger partial charge < -0.3 is 25.3 Å². The molecule has 0 aliphatic carbocycles. The molecule has 3 N–H and O–H groups in total. The fraction of sp³-hybridized carbons (Fsp3) is 0.400. The van der Waals surface area contributed by atoms with E-state index in [-0.39, 0.29) is 5.91 Å². The van der Waals surface area contributed by atoms with Crippen molar-refractivity contribution in [3.63, 3.8) is 0 Å². The van der Waals surface area contributed by atoms with Crippen LogP contribution in [0.1, 0.15) is 19.3 Å². The molecule has 9 nitrogen and oxygen atoms in total. The lowest BCUT2D eigenvalue weighted by Crippen LogP contribution is -2.27. The van der Waals surface area contributed by atoms with E-state index in [1.807, 2.05) is 35.2 Å². The number of nitrogens with one attached hydrogen (secondary N) is 3. The van der Waals surface area contributed by atoms with Crippen molar-refractivity contribution < 1.29 is 9.53 Å². The van der Waals surface area contributed by atoms with E-state index in [1.165, 1.54) is 6.33 Å². The van der Waals surface area contributed by atoms with E-state index in [1.54, 1.807) is 0 Å². The lowest BCUT2D eigenvalue weighted by molar-refractivity contribution is -0.127. The van der Waals surface area contributed by atoms with E-state index < -0.39 is 0 Å². The first-order valence-electron chi connectivity index (χ1n) is 9.94. The predicted molar refractivity (Wildman–Crippen MR) is 111 cm³/mol. The Morgan fingerprint density at radius 3 is 2.86 bits per heavy atom. The molecule has 4 rings (SSSR count). The standard InChI is InChI=1S/C20H25N7O2/c28-16-8-4-11-27(16)12-5-9-22-20-25-17-18(23-14-24-19(17)26-20)21-10-13-29-15-6-2-1-3-7-15/h1-3,6-7,14H,4-5,8-13H2,(H3,21,22,23,24,25,26). The summed E-state index contributed by atoms with van der Waals surface area (Å²) in [5.74, 6) is 2.44. The molecule has 0 spiro atoms. The lowest BCUT2D eigenvalue weighted by atomic mass is 10.3. The van der Waals surface area contributed by atoms with Crippen molar-refractivity contribution in [2.75, 3.05) is 43.4 Å². The Morgan fingerprint density at radius 2 is 2.03 bits per heavy atom. The minimum Gasteiger partial charge on any atom is -0.492 e. The SMILES string of the molecule is O=C1CCCN1CCCNc1nc2ncnc(NCCOc3ccccc3)c2[nH]1. The molecular formula is C20H25N7O2. The van der Waals surface area contributed by atoms with Gasteiger partial charge in [0.1, 0.15) is 24.2 Å². The van der Waals surface area contributed by atoms with E-state index >= 15 is 0 Å². The van der Waals surface area contributed by atoms with Crippen LogP contribution in [0.3, 0.4) is 0 Å². The summed E-state index contributed by atoms with van der Waals surface area (Å²) < 4.78 is 5.69. The van der Waals surface area contributed by atoms with Crippen LogP contribution in [0, 0.1) is 0 Å². The van der Waals surface area contributed by atoms with Crippen LogP contribution in [-0.4, -0.2) is 63.5 Å². The maximum atomic E-state index is 11.6. The maximum absolute atomic E-state index is 11.6. The minimum atomic E-state index is 0.260. The van der Waals surface area contributed by atoms with Gasteiger partial charge in [-0.15, -0.1) is 0 Å². The van der Waals surface area contributed by atoms with Crippen LogP contribution in [0.25, 0.3) is 11.2 Å². The Labute approximate surface area is 168 Å². The molecule has 29 heavy (non-hydrogen) atoms. The van der Waals surface area contributed by atoms with Gasteiger partial charge in [0.15, 0.2) is 11.5 Å². The van der Waals surface area contributed by atoms with Crippen molar-refractivity contribution in [1.29, 1.82) is 0 Å². The quantitative estimate of drug-likeness (QED) is 0.452. The first kappa shape index (κ1) is 19.0. The highest BCUT2D eigenvalue weighted by Crippen LogP contribution is 2.18. The molecule has 1 amide bonds. The van der Waals surface area contributed by atoms with Gasteiger partial charge in [-0.2, -0.15) is 4.98 Å². The molecular weight excluding hydrogens is 370 g/mol. The third-order valence-electron chi connectivity index (χ3n) is 4.76. The Bertz CT molecular complexity index is 944. The average molecular weight is 395 g/mol. The van der Waals surface area contributed by atoms with Crippen molar-refractivity contribution >= 4 is 28.8 Å². The summed E-state index contributed by atoms with van der Waals surface area (Å²) >= 11 is 0. The monoisotopic (exact) mass is 395 g/mol. The number of hydrogen-bond acceptors (Lipinski definition) is 7. The summed E-state index contributed by atoms with van der Waals surface area (Å²) in [6.45, 7) is 3.50. The highest BCUT2D eigenvalue weighted by molar-refractivity contribution is 5.84. The van der Waals surface area contributed by atoms with Gasteiger partial charge in [0.2, 0.25) is 11.9 Å². The van der Waals surface area contributed by atoms with Crippen LogP contribution in [0.15, 0.2) is 36.7 Å². The molecule has 2 aromatic heterocycles. The summed E-state index contributed by atoms with van der Waals surface area (Å²) in [4.78, 5) is 29.8. The predicted octanol–water partition coefficient (Wildman–Crippen LogP) is 2.27. The molecule has 1 aliphatic rings. The van der Waals surface area contributed by atoms with Crippen molar-refractivity contribution in [3.05, 3.63) is 36.7 Å². The number of aromatic nitrogens is 4. The number of ether oxygens (including phenoxy) is 1. The summed E-state index contributed by atoms with van der Waals surface area (Å²) in [6.07, 6.45) is 4.02. The van der Waals surface area contributed by atoms with Gasteiger partial charge in [0.05, 0.1) is 6.54 Å². The van der Waals surface area contributed by atoms with Gasteiger partial charge in [-0.05, 0) is 25.0 Å². The molecule has 9 heteroatoms. The van der Waals surface area contributed by atoms with Crippen molar-refractivity contribution in [1.82, 2.24) is 24.8 Å². The number of fused-ring (bicyclic) bond motifs is 1. The fourth-order valence-electron chi connectivity index (χ4n) is 3.32. The molecule has 3 heterocycles. The molecule has 152 valence electrons. The molecule has 0 radical (unpaired) electrons. The van der Waals surface area contributed by atoms with E-state index in [0.29, 0.717) is 37.0 Å². The molecule has 1 saturated heterocycles. The largest absolute Gasteiger partial charge is 0.492 e. The molecule has 1 fully saturated rings. The molecule has 1 aliphatic heterocycles. The number of aromatic amines is 1. The van der Waals surface area contributed by atoms with Gasteiger partial charge in [0.25, 0.3) is 0 Å². The number of para-hydroxylation sites is 1. The zero-order chi connectivity index (χ0) is 19.9. The second kappa shape index (κ2) is 9.22. The molecule has 3 aromatic rings. The maximum Gasteiger partial charge on any atom is 0.222 e. The van der Waals surface area contributed by atoms with Crippen molar-refractivity contribution in [3.8, 4) is 5.75 Å². The van der Waals surface area contributed by atoms with Crippen LogP contribution in [0.5, 0.6) is 5.75 Å². The molecule has 0 bridgehead atoms. The summed E-state index contributed by atoms with van der Waals surface area (Å²) in [6, 6.07) is 9.70. The van der Waals surface area contributed by atoms with Crippen molar-refractivity contribution in [2.45, 2.75) is 19.3 Å². The zero-order valence-corrected chi connectivity index (χ0v) is 16.2. The number of anilines is 2. The number of likely N-dealkylation sites (tertiary alicyclic amines) is 1. The fourth-order valence-corrected chi connectivity index (χ4v) is 3.32. The van der Waals surface area contributed by atoms with Crippen LogP contribution in [-0.2, 0) is 4.79 Å². The van der Waals surface area contributed by atoms with E-state index in [2.05, 4.69) is 30.6 Å². The molecule has 0 saturated carbocycles. The third kappa shape index (κ3) is 4.92. The summed E-state index contributed by atoms with van der Waals surface area (Å²) in [5.41, 5.74) is 1.35. The van der Waals surface area contributed by atoms with Gasteiger partial charge >= 0.3 is 0 Å². The number of benzene rings is 1. The van der Waals surface area contributed by atoms with E-state index in [4.69, 9.17) is 4.74 Å². The number of carbonyl (C=O) groups excluding carboxylic acids is 1. The van der Waals surface area contributed by atoms with E-state index in [9.17, 15) is 4.79 Å². The zero-order valence-electron chi connectivity index (χ0n) is 16.2. The van der Waals surface area contributed by atoms with Crippen LogP contribution in [0.2, 0.25) is 0 Å². The topological polar surface area (TPSA) is 108 Å². The van der Waals surface area contributed by atoms with Crippen molar-refractivity contribution in [2.24, 2.45) is 0 Å².